The number of nitrogens with one attached hydrogen (secondary N) is 2. The Morgan fingerprint density at radius 2 is 1.84 bits per heavy atom. The van der Waals surface area contributed by atoms with Gasteiger partial charge in [0.05, 0.1) is 11.9 Å². The van der Waals surface area contributed by atoms with Gasteiger partial charge in [0.25, 0.3) is 5.91 Å². The lowest BCUT2D eigenvalue weighted by atomic mass is 10.0. The van der Waals surface area contributed by atoms with Crippen LogP contribution in [0, 0.1) is 0 Å². The summed E-state index contributed by atoms with van der Waals surface area (Å²) in [7, 11) is 0. The van der Waals surface area contributed by atoms with Crippen molar-refractivity contribution in [1.82, 2.24) is 15.6 Å². The number of aromatic amines is 1. The number of benzene rings is 2. The van der Waals surface area contributed by atoms with E-state index < -0.39 is 0 Å². The first-order valence-electron chi connectivity index (χ1n) is 8.17. The van der Waals surface area contributed by atoms with Crippen molar-refractivity contribution in [3.05, 3.63) is 77.5 Å². The van der Waals surface area contributed by atoms with Crippen molar-refractivity contribution in [2.24, 2.45) is 5.10 Å². The van der Waals surface area contributed by atoms with Crippen molar-refractivity contribution >= 4 is 12.1 Å². The number of nitrogens with zero attached hydrogens (tertiary/aromatic N) is 2. The molecule has 1 amide bonds. The lowest BCUT2D eigenvalue weighted by Gasteiger charge is -2.04. The highest BCUT2D eigenvalue weighted by molar-refractivity contribution is 5.94. The topological polar surface area (TPSA) is 70.1 Å². The zero-order chi connectivity index (χ0) is 17.6. The molecule has 1 heterocycles. The van der Waals surface area contributed by atoms with E-state index >= 15 is 0 Å². The van der Waals surface area contributed by atoms with Crippen molar-refractivity contribution in [3.63, 3.8) is 0 Å². The van der Waals surface area contributed by atoms with E-state index in [-0.39, 0.29) is 5.91 Å². The van der Waals surface area contributed by atoms with Gasteiger partial charge < -0.3 is 0 Å². The summed E-state index contributed by atoms with van der Waals surface area (Å²) < 4.78 is 0. The number of carbonyl (C=O) groups excluding carboxylic acids is 1. The summed E-state index contributed by atoms with van der Waals surface area (Å²) >= 11 is 0. The van der Waals surface area contributed by atoms with Crippen molar-refractivity contribution in [1.29, 1.82) is 0 Å². The van der Waals surface area contributed by atoms with Gasteiger partial charge in [-0.05, 0) is 23.1 Å². The maximum absolute atomic E-state index is 12.1. The Kier molecular flexibility index (Phi) is 5.04. The van der Waals surface area contributed by atoms with Crippen LogP contribution in [0.2, 0.25) is 0 Å². The average Bonchev–Trinajstić information content (AvgIpc) is 3.13. The molecule has 0 saturated heterocycles. The molecule has 0 radical (unpaired) electrons. The summed E-state index contributed by atoms with van der Waals surface area (Å²) in [6.45, 7) is 4.30. The van der Waals surface area contributed by atoms with Gasteiger partial charge in [0, 0.05) is 5.56 Å². The largest absolute Gasteiger partial charge is 0.289 e. The first-order chi connectivity index (χ1) is 12.1. The molecule has 0 aliphatic rings. The molecule has 0 fully saturated rings. The van der Waals surface area contributed by atoms with Gasteiger partial charge in [-0.2, -0.15) is 10.2 Å². The fraction of sp³-hybridized carbons (Fsp3) is 0.150. The first-order valence-corrected chi connectivity index (χ1v) is 8.17. The molecule has 2 N–H and O–H groups in total. The normalized spacial score (nSPS) is 11.2. The Labute approximate surface area is 146 Å². The molecule has 0 unspecified atom stereocenters. The van der Waals surface area contributed by atoms with E-state index in [1.54, 1.807) is 12.3 Å². The van der Waals surface area contributed by atoms with Crippen LogP contribution < -0.4 is 5.43 Å². The zero-order valence-electron chi connectivity index (χ0n) is 14.2. The third kappa shape index (κ3) is 4.20. The van der Waals surface area contributed by atoms with Crippen LogP contribution in [0.4, 0.5) is 0 Å². The van der Waals surface area contributed by atoms with E-state index in [0.29, 0.717) is 11.6 Å². The van der Waals surface area contributed by atoms with Crippen LogP contribution in [0.3, 0.4) is 0 Å². The predicted molar refractivity (Wildman–Crippen MR) is 99.6 cm³/mol. The Hall–Kier alpha value is -3.21. The highest BCUT2D eigenvalue weighted by atomic mass is 16.2. The second kappa shape index (κ2) is 7.57. The van der Waals surface area contributed by atoms with E-state index in [9.17, 15) is 4.79 Å². The minimum atomic E-state index is -0.329. The maximum Gasteiger partial charge on any atom is 0.289 e. The van der Waals surface area contributed by atoms with Crippen LogP contribution in [0.25, 0.3) is 11.3 Å². The lowest BCUT2D eigenvalue weighted by Crippen LogP contribution is -2.18. The summed E-state index contributed by atoms with van der Waals surface area (Å²) in [6.07, 6.45) is 1.62. The summed E-state index contributed by atoms with van der Waals surface area (Å²) in [5, 5.41) is 10.9. The number of hydrazone groups is 1. The number of H-pyrrole nitrogens is 1. The average molecular weight is 332 g/mol. The van der Waals surface area contributed by atoms with Crippen LogP contribution in [0.5, 0.6) is 0 Å². The molecule has 5 nitrogen and oxygen atoms in total. The van der Waals surface area contributed by atoms with E-state index in [0.717, 1.165) is 16.8 Å². The molecule has 2 aromatic carbocycles. The second-order valence-corrected chi connectivity index (χ2v) is 6.05. The molecule has 0 aliphatic heterocycles. The third-order valence-corrected chi connectivity index (χ3v) is 3.87. The van der Waals surface area contributed by atoms with Crippen LogP contribution in [-0.2, 0) is 0 Å². The summed E-state index contributed by atoms with van der Waals surface area (Å²) in [5.41, 5.74) is 6.75. The zero-order valence-corrected chi connectivity index (χ0v) is 14.2. The number of hydrogen-bond acceptors (Lipinski definition) is 3. The standard InChI is InChI=1S/C20H20N4O/c1-14(2)16-10-8-15(9-11-16)13-21-24-20(25)19-12-18(22-23-19)17-6-4-3-5-7-17/h3-14H,1-2H3,(H,22,23)(H,24,25)/b21-13-. The molecule has 0 spiro atoms. The highest BCUT2D eigenvalue weighted by Gasteiger charge is 2.09. The van der Waals surface area contributed by atoms with E-state index in [2.05, 4.69) is 46.7 Å². The van der Waals surface area contributed by atoms with E-state index in [4.69, 9.17) is 0 Å². The molecule has 126 valence electrons. The highest BCUT2D eigenvalue weighted by Crippen LogP contribution is 2.17. The van der Waals surface area contributed by atoms with Crippen LogP contribution >= 0.6 is 0 Å². The van der Waals surface area contributed by atoms with Gasteiger partial charge in [-0.1, -0.05) is 68.4 Å². The van der Waals surface area contributed by atoms with Gasteiger partial charge in [0.2, 0.25) is 0 Å². The monoisotopic (exact) mass is 332 g/mol. The third-order valence-electron chi connectivity index (χ3n) is 3.87. The summed E-state index contributed by atoms with van der Waals surface area (Å²) in [6, 6.07) is 19.5. The molecule has 0 saturated carbocycles. The van der Waals surface area contributed by atoms with Gasteiger partial charge >= 0.3 is 0 Å². The Morgan fingerprint density at radius 3 is 2.52 bits per heavy atom. The molecule has 0 aliphatic carbocycles. The molecule has 3 rings (SSSR count). The molecule has 3 aromatic rings. The van der Waals surface area contributed by atoms with Crippen molar-refractivity contribution < 1.29 is 4.79 Å². The first kappa shape index (κ1) is 16.6. The minimum absolute atomic E-state index is 0.329. The van der Waals surface area contributed by atoms with Gasteiger partial charge in [-0.25, -0.2) is 5.43 Å². The van der Waals surface area contributed by atoms with Crippen molar-refractivity contribution in [2.45, 2.75) is 19.8 Å². The number of amides is 1. The van der Waals surface area contributed by atoms with Crippen LogP contribution in [0.15, 0.2) is 65.8 Å². The number of rotatable bonds is 5. The number of carbonyl (C=O) groups is 1. The Bertz CT molecular complexity index is 864. The molecule has 1 aromatic heterocycles. The van der Waals surface area contributed by atoms with Gasteiger partial charge in [0.1, 0.15) is 5.69 Å². The smallest absolute Gasteiger partial charge is 0.272 e. The fourth-order valence-electron chi connectivity index (χ4n) is 2.39. The van der Waals surface area contributed by atoms with Crippen LogP contribution in [0.1, 0.15) is 41.4 Å². The maximum atomic E-state index is 12.1. The summed E-state index contributed by atoms with van der Waals surface area (Å²) in [4.78, 5) is 12.1. The number of aromatic nitrogens is 2. The van der Waals surface area contributed by atoms with Gasteiger partial charge in [0.15, 0.2) is 0 Å². The fourth-order valence-corrected chi connectivity index (χ4v) is 2.39. The second-order valence-electron chi connectivity index (χ2n) is 6.05. The van der Waals surface area contributed by atoms with E-state index in [1.807, 2.05) is 42.5 Å². The molecular formula is C20H20N4O. The minimum Gasteiger partial charge on any atom is -0.272 e. The molecular weight excluding hydrogens is 312 g/mol. The van der Waals surface area contributed by atoms with Gasteiger partial charge in [-0.15, -0.1) is 0 Å². The summed E-state index contributed by atoms with van der Waals surface area (Å²) in [5.74, 6) is 0.162. The number of hydrogen-bond donors (Lipinski definition) is 2. The van der Waals surface area contributed by atoms with Crippen molar-refractivity contribution in [2.75, 3.05) is 0 Å². The Balaban J connectivity index is 1.62. The molecule has 0 atom stereocenters. The molecule has 5 heteroatoms. The van der Waals surface area contributed by atoms with E-state index in [1.165, 1.54) is 5.56 Å². The predicted octanol–water partition coefficient (Wildman–Crippen LogP) is 3.96. The van der Waals surface area contributed by atoms with Gasteiger partial charge in [-0.3, -0.25) is 9.89 Å². The lowest BCUT2D eigenvalue weighted by molar-refractivity contribution is 0.0950. The SMILES string of the molecule is CC(C)c1ccc(/C=N\NC(=O)c2cc(-c3ccccc3)n[nH]2)cc1. The Morgan fingerprint density at radius 1 is 1.12 bits per heavy atom. The van der Waals surface area contributed by atoms with Crippen LogP contribution in [-0.4, -0.2) is 22.3 Å². The van der Waals surface area contributed by atoms with Crippen molar-refractivity contribution in [3.8, 4) is 11.3 Å². The quantitative estimate of drug-likeness (QED) is 0.548. The molecule has 25 heavy (non-hydrogen) atoms. The molecule has 0 bridgehead atoms.